The minimum atomic E-state index is -0.549. The van der Waals surface area contributed by atoms with Gasteiger partial charge in [0, 0.05) is 29.1 Å². The molecule has 0 spiro atoms. The molecule has 0 aliphatic heterocycles. The molecule has 0 fully saturated rings. The minimum Gasteiger partial charge on any atom is -0.288 e. The number of aryl methyl sites for hydroxylation is 2. The Morgan fingerprint density at radius 3 is 1.61 bits per heavy atom. The number of nitrogens with zero attached hydrogens (tertiary/aromatic N) is 1. The molecule has 0 unspecified atom stereocenters. The van der Waals surface area contributed by atoms with Gasteiger partial charge in [-0.25, -0.2) is 0 Å². The van der Waals surface area contributed by atoms with E-state index in [-0.39, 0.29) is 26.4 Å². The number of unbranched alkanes of at least 4 members (excludes halogenated alkanes) is 6. The summed E-state index contributed by atoms with van der Waals surface area (Å²) in [5, 5.41) is 0.682. The lowest BCUT2D eigenvalue weighted by Gasteiger charge is -2.31. The molecule has 5 rings (SSSR count). The molecule has 0 atom stereocenters. The first-order valence-electron chi connectivity index (χ1n) is 16.6. The Morgan fingerprint density at radius 2 is 1.09 bits per heavy atom. The van der Waals surface area contributed by atoms with Gasteiger partial charge in [-0.1, -0.05) is 82.7 Å². The molecule has 9 heteroatoms. The molecule has 0 aliphatic rings. The molecule has 5 aromatic rings. The van der Waals surface area contributed by atoms with E-state index in [4.69, 9.17) is 9.68 Å². The molecule has 0 radical (unpaired) electrons. The van der Waals surface area contributed by atoms with Crippen LogP contribution in [0.1, 0.15) is 82.8 Å². The van der Waals surface area contributed by atoms with E-state index in [1.165, 1.54) is 6.07 Å². The van der Waals surface area contributed by atoms with Crippen molar-refractivity contribution in [2.75, 3.05) is 13.2 Å². The third-order valence-corrected chi connectivity index (χ3v) is 8.63. The van der Waals surface area contributed by atoms with Gasteiger partial charge in [-0.3, -0.25) is 29.1 Å². The third kappa shape index (κ3) is 7.12. The number of aromatic amines is 2. The predicted molar refractivity (Wildman–Crippen MR) is 184 cm³/mol. The average Bonchev–Trinajstić information content (AvgIpc) is 3.52. The van der Waals surface area contributed by atoms with E-state index in [1.807, 2.05) is 42.5 Å². The molecule has 0 saturated carbocycles. The first-order chi connectivity index (χ1) is 22.4. The topological polar surface area (TPSA) is 118 Å². The van der Waals surface area contributed by atoms with E-state index >= 15 is 0 Å². The fourth-order valence-corrected chi connectivity index (χ4v) is 6.21. The highest BCUT2D eigenvalue weighted by Gasteiger charge is 2.39. The van der Waals surface area contributed by atoms with Gasteiger partial charge in [-0.05, 0) is 49.3 Å². The number of hydrogen-bond donors (Lipinski definition) is 2. The Hall–Kier alpha value is -4.18. The van der Waals surface area contributed by atoms with Gasteiger partial charge in [0.2, 0.25) is 11.4 Å². The van der Waals surface area contributed by atoms with Crippen molar-refractivity contribution in [3.63, 3.8) is 0 Å². The number of benzene rings is 3. The molecule has 9 nitrogen and oxygen atoms in total. The Morgan fingerprint density at radius 1 is 0.565 bits per heavy atom. The molecular formula is C37H44N3O6+. The number of H-pyrrole nitrogens is 2. The Labute approximate surface area is 268 Å². The van der Waals surface area contributed by atoms with Crippen molar-refractivity contribution < 1.29 is 9.68 Å². The molecule has 0 bridgehead atoms. The van der Waals surface area contributed by atoms with Crippen LogP contribution in [0.25, 0.3) is 21.5 Å². The van der Waals surface area contributed by atoms with Crippen molar-refractivity contribution in [3.8, 4) is 0 Å². The van der Waals surface area contributed by atoms with Crippen molar-refractivity contribution >= 4 is 32.9 Å². The molecule has 242 valence electrons. The highest BCUT2D eigenvalue weighted by atomic mass is 17.0. The minimum absolute atomic E-state index is 0.145. The zero-order chi connectivity index (χ0) is 32.5. The van der Waals surface area contributed by atoms with Crippen molar-refractivity contribution in [1.29, 1.82) is 0 Å². The lowest BCUT2D eigenvalue weighted by Crippen LogP contribution is -2.44. The second-order valence-corrected chi connectivity index (χ2v) is 12.0. The maximum absolute atomic E-state index is 12.6. The molecule has 0 saturated heterocycles. The molecule has 2 N–H and O–H groups in total. The third-order valence-electron chi connectivity index (χ3n) is 8.63. The maximum Gasteiger partial charge on any atom is 0.259 e. The fourth-order valence-electron chi connectivity index (χ4n) is 6.21. The van der Waals surface area contributed by atoms with Crippen LogP contribution in [-0.4, -0.2) is 23.2 Å². The van der Waals surface area contributed by atoms with Gasteiger partial charge >= 0.3 is 0 Å². The van der Waals surface area contributed by atoms with E-state index in [1.54, 1.807) is 0 Å². The Kier molecular flexibility index (Phi) is 11.1. The van der Waals surface area contributed by atoms with E-state index < -0.39 is 22.2 Å². The van der Waals surface area contributed by atoms with Crippen LogP contribution >= 0.6 is 0 Å². The summed E-state index contributed by atoms with van der Waals surface area (Å²) in [6.45, 7) is 5.51. The van der Waals surface area contributed by atoms with Crippen LogP contribution in [0.3, 0.4) is 0 Å². The standard InChI is InChI=1S/C37H43N3O6/c1-3-5-7-12-23-45-40(27-16-10-9-11-17-27,46-24-13-8-6-4-2)28-21-19-26(20-22-28)15-14-18-29-32-30(34(41)38-36(32)43)25-31-33(29)37(44)39-35(31)42/h9-11,16-17,19-22,25H,3-8,12-15,18,23-24H2,1-2H3,(H-,38,39,41,42,43,44)/p+1. The highest BCUT2D eigenvalue weighted by molar-refractivity contribution is 6.01. The summed E-state index contributed by atoms with van der Waals surface area (Å²) in [6, 6.07) is 19.6. The number of fused-ring (bicyclic) bond motifs is 2. The summed E-state index contributed by atoms with van der Waals surface area (Å²) in [5.41, 5.74) is 1.11. The zero-order valence-corrected chi connectivity index (χ0v) is 26.9. The number of rotatable bonds is 18. The van der Waals surface area contributed by atoms with Crippen LogP contribution in [-0.2, 0) is 22.5 Å². The van der Waals surface area contributed by atoms with Crippen molar-refractivity contribution in [3.05, 3.63) is 113 Å². The molecule has 46 heavy (non-hydrogen) atoms. The summed E-state index contributed by atoms with van der Waals surface area (Å²) < 4.78 is 0. The van der Waals surface area contributed by atoms with Gasteiger partial charge < -0.3 is 0 Å². The van der Waals surface area contributed by atoms with Crippen molar-refractivity contribution in [2.24, 2.45) is 0 Å². The highest BCUT2D eigenvalue weighted by Crippen LogP contribution is 2.37. The summed E-state index contributed by atoms with van der Waals surface area (Å²) in [7, 11) is 0. The van der Waals surface area contributed by atoms with Crippen LogP contribution in [0, 0.1) is 0 Å². The van der Waals surface area contributed by atoms with Gasteiger partial charge in [0.05, 0.1) is 21.5 Å². The number of quaternary nitrogens is 1. The van der Waals surface area contributed by atoms with E-state index in [0.29, 0.717) is 38.0 Å². The largest absolute Gasteiger partial charge is 0.288 e. The van der Waals surface area contributed by atoms with Crippen LogP contribution in [0.4, 0.5) is 11.4 Å². The zero-order valence-electron chi connectivity index (χ0n) is 26.9. The summed E-state index contributed by atoms with van der Waals surface area (Å²) in [5.74, 6) is 0. The fraction of sp³-hybridized carbons (Fsp3) is 0.405. The van der Waals surface area contributed by atoms with Crippen LogP contribution in [0.2, 0.25) is 0 Å². The van der Waals surface area contributed by atoms with Gasteiger partial charge in [-0.2, -0.15) is 9.68 Å². The smallest absolute Gasteiger partial charge is 0.259 e. The monoisotopic (exact) mass is 626 g/mol. The molecule has 2 aromatic heterocycles. The number of hydrogen-bond acceptors (Lipinski definition) is 6. The summed E-state index contributed by atoms with van der Waals surface area (Å²) in [4.78, 5) is 67.8. The summed E-state index contributed by atoms with van der Waals surface area (Å²) in [6.07, 6.45) is 10.3. The molecule has 0 amide bonds. The van der Waals surface area contributed by atoms with Gasteiger partial charge in [0.25, 0.3) is 22.2 Å². The van der Waals surface area contributed by atoms with Crippen LogP contribution < -0.4 is 27.0 Å². The summed E-state index contributed by atoms with van der Waals surface area (Å²) >= 11 is 0. The van der Waals surface area contributed by atoms with Gasteiger partial charge in [0.15, 0.2) is 0 Å². The molecule has 0 aliphatic carbocycles. The molecule has 3 aromatic carbocycles. The average molecular weight is 627 g/mol. The number of para-hydroxylation sites is 1. The van der Waals surface area contributed by atoms with Crippen molar-refractivity contribution in [1.82, 2.24) is 14.8 Å². The molecule has 2 heterocycles. The first-order valence-corrected chi connectivity index (χ1v) is 16.6. The predicted octanol–water partition coefficient (Wildman–Crippen LogP) is 6.80. The first kappa shape index (κ1) is 33.2. The van der Waals surface area contributed by atoms with E-state index in [2.05, 4.69) is 35.9 Å². The Balaban J connectivity index is 1.39. The van der Waals surface area contributed by atoms with E-state index in [0.717, 1.165) is 68.3 Å². The lowest BCUT2D eigenvalue weighted by atomic mass is 9.96. The number of nitrogens with one attached hydrogen (secondary N) is 2. The van der Waals surface area contributed by atoms with Crippen LogP contribution in [0.5, 0.6) is 0 Å². The van der Waals surface area contributed by atoms with Crippen LogP contribution in [0.15, 0.2) is 79.8 Å². The SMILES string of the molecule is CCCCCCO[N+](OCCCCCC)(c1ccccc1)c1ccc(CCCc2c3c(=O)[nH]c(=O)c3cc3c(=O)[nH]c(=O)c23)cc1. The lowest BCUT2D eigenvalue weighted by molar-refractivity contribution is -0.316. The van der Waals surface area contributed by atoms with Gasteiger partial charge in [0.1, 0.15) is 13.2 Å². The van der Waals surface area contributed by atoms with Gasteiger partial charge in [-0.15, -0.1) is 0 Å². The second-order valence-electron chi connectivity index (χ2n) is 12.0. The maximum atomic E-state index is 12.6. The van der Waals surface area contributed by atoms with Crippen molar-refractivity contribution in [2.45, 2.75) is 84.5 Å². The molecular weight excluding hydrogens is 582 g/mol. The van der Waals surface area contributed by atoms with E-state index in [9.17, 15) is 19.2 Å². The quantitative estimate of drug-likeness (QED) is 0.0627. The normalized spacial score (nSPS) is 12.0. The Bertz CT molecular complexity index is 1840. The second kappa shape index (κ2) is 15.4. The number of aromatic nitrogens is 2.